The molecule has 0 bridgehead atoms. The predicted octanol–water partition coefficient (Wildman–Crippen LogP) is 1.94. The molecule has 0 spiro atoms. The molecule has 2 N–H and O–H groups in total. The molecule has 0 aliphatic carbocycles. The van der Waals surface area contributed by atoms with Crippen molar-refractivity contribution in [3.05, 3.63) is 36.0 Å². The summed E-state index contributed by atoms with van der Waals surface area (Å²) in [6.07, 6.45) is 5.13. The predicted molar refractivity (Wildman–Crippen MR) is 78.4 cm³/mol. The van der Waals surface area contributed by atoms with E-state index in [2.05, 4.69) is 16.4 Å². The van der Waals surface area contributed by atoms with Gasteiger partial charge in [0.15, 0.2) is 0 Å². The van der Waals surface area contributed by atoms with E-state index in [1.807, 2.05) is 11.0 Å². The maximum atomic E-state index is 11.6. The molecule has 1 unspecified atom stereocenters. The van der Waals surface area contributed by atoms with Gasteiger partial charge in [0.05, 0.1) is 5.52 Å². The van der Waals surface area contributed by atoms with Gasteiger partial charge in [0.2, 0.25) is 5.91 Å². The van der Waals surface area contributed by atoms with E-state index in [0.717, 1.165) is 29.7 Å². The first-order chi connectivity index (χ1) is 9.66. The second kappa shape index (κ2) is 5.25. The number of anilines is 1. The largest absolute Gasteiger partial charge is 0.368 e. The van der Waals surface area contributed by atoms with Crippen molar-refractivity contribution in [1.29, 1.82) is 0 Å². The number of benzene rings is 1. The number of carbonyl (C=O) groups is 1. The highest BCUT2D eigenvalue weighted by molar-refractivity contribution is 6.31. The zero-order valence-electron chi connectivity index (χ0n) is 10.8. The average Bonchev–Trinajstić information content (AvgIpc) is 2.46. The Hall–Kier alpha value is -1.88. The van der Waals surface area contributed by atoms with Gasteiger partial charge >= 0.3 is 0 Å². The highest BCUT2D eigenvalue weighted by Gasteiger charge is 2.29. The van der Waals surface area contributed by atoms with E-state index in [1.54, 1.807) is 12.1 Å². The third-order valence-electron chi connectivity index (χ3n) is 3.52. The van der Waals surface area contributed by atoms with Crippen LogP contribution in [0.5, 0.6) is 0 Å². The second-order valence-electron chi connectivity index (χ2n) is 4.78. The van der Waals surface area contributed by atoms with Gasteiger partial charge in [0.1, 0.15) is 18.2 Å². The molecule has 1 amide bonds. The molecule has 2 heterocycles. The van der Waals surface area contributed by atoms with Crippen LogP contribution in [-0.4, -0.2) is 28.5 Å². The minimum absolute atomic E-state index is 0.332. The number of carbonyl (C=O) groups excluding carboxylic acids is 1. The van der Waals surface area contributed by atoms with Gasteiger partial charge < -0.3 is 10.6 Å². The van der Waals surface area contributed by atoms with Crippen LogP contribution in [0.2, 0.25) is 5.02 Å². The van der Waals surface area contributed by atoms with Gasteiger partial charge in [-0.25, -0.2) is 9.97 Å². The SMILES string of the molecule is NC(=O)C1C[CH]CCN1c1ncnc2cc(Cl)ccc12. The summed E-state index contributed by atoms with van der Waals surface area (Å²) in [6.45, 7) is 0.725. The van der Waals surface area contributed by atoms with Crippen LogP contribution in [-0.2, 0) is 4.79 Å². The number of nitrogens with zero attached hydrogens (tertiary/aromatic N) is 3. The van der Waals surface area contributed by atoms with Gasteiger partial charge in [-0.3, -0.25) is 4.79 Å². The van der Waals surface area contributed by atoms with E-state index in [-0.39, 0.29) is 11.9 Å². The number of hydrogen-bond donors (Lipinski definition) is 1. The van der Waals surface area contributed by atoms with Crippen molar-refractivity contribution in [1.82, 2.24) is 9.97 Å². The Balaban J connectivity index is 2.10. The molecule has 3 rings (SSSR count). The van der Waals surface area contributed by atoms with Gasteiger partial charge in [-0.1, -0.05) is 11.6 Å². The highest BCUT2D eigenvalue weighted by Crippen LogP contribution is 2.29. The number of piperidine rings is 1. The highest BCUT2D eigenvalue weighted by atomic mass is 35.5. The minimum Gasteiger partial charge on any atom is -0.368 e. The monoisotopic (exact) mass is 289 g/mol. The van der Waals surface area contributed by atoms with Gasteiger partial charge in [0.25, 0.3) is 0 Å². The lowest BCUT2D eigenvalue weighted by molar-refractivity contribution is -0.119. The fourth-order valence-corrected chi connectivity index (χ4v) is 2.72. The maximum Gasteiger partial charge on any atom is 0.240 e. The molecule has 1 aliphatic heterocycles. The van der Waals surface area contributed by atoms with E-state index in [0.29, 0.717) is 11.4 Å². The van der Waals surface area contributed by atoms with Gasteiger partial charge in [-0.15, -0.1) is 0 Å². The molecule has 1 aliphatic rings. The number of nitrogens with two attached hydrogens (primary N) is 1. The lowest BCUT2D eigenvalue weighted by Crippen LogP contribution is -2.48. The quantitative estimate of drug-likeness (QED) is 0.917. The molecule has 1 aromatic heterocycles. The summed E-state index contributed by atoms with van der Waals surface area (Å²) in [6, 6.07) is 5.12. The van der Waals surface area contributed by atoms with Crippen LogP contribution >= 0.6 is 11.6 Å². The van der Waals surface area contributed by atoms with E-state index in [4.69, 9.17) is 17.3 Å². The molecule has 0 saturated carbocycles. The number of primary amides is 1. The van der Waals surface area contributed by atoms with Crippen LogP contribution in [0.15, 0.2) is 24.5 Å². The molecule has 1 saturated heterocycles. The molecule has 6 heteroatoms. The van der Waals surface area contributed by atoms with E-state index in [1.165, 1.54) is 6.33 Å². The number of fused-ring (bicyclic) bond motifs is 1. The third-order valence-corrected chi connectivity index (χ3v) is 3.75. The number of amides is 1. The Morgan fingerprint density at radius 2 is 2.25 bits per heavy atom. The summed E-state index contributed by atoms with van der Waals surface area (Å²) in [5, 5.41) is 1.51. The summed E-state index contributed by atoms with van der Waals surface area (Å²) in [5.74, 6) is 0.408. The topological polar surface area (TPSA) is 72.1 Å². The molecule has 1 aromatic carbocycles. The van der Waals surface area contributed by atoms with Crippen LogP contribution in [0.25, 0.3) is 10.9 Å². The van der Waals surface area contributed by atoms with Crippen molar-refractivity contribution in [3.8, 4) is 0 Å². The summed E-state index contributed by atoms with van der Waals surface area (Å²) in [5.41, 5.74) is 6.26. The fraction of sp³-hybridized carbons (Fsp3) is 0.286. The van der Waals surface area contributed by atoms with E-state index in [9.17, 15) is 4.79 Å². The number of aromatic nitrogens is 2. The van der Waals surface area contributed by atoms with Crippen molar-refractivity contribution >= 4 is 34.2 Å². The van der Waals surface area contributed by atoms with Crippen LogP contribution in [0, 0.1) is 6.42 Å². The van der Waals surface area contributed by atoms with Gasteiger partial charge in [-0.2, -0.15) is 0 Å². The number of hydrogen-bond acceptors (Lipinski definition) is 4. The maximum absolute atomic E-state index is 11.6. The van der Waals surface area contributed by atoms with E-state index >= 15 is 0 Å². The van der Waals surface area contributed by atoms with E-state index < -0.39 is 0 Å². The summed E-state index contributed by atoms with van der Waals surface area (Å²) >= 11 is 5.98. The first kappa shape index (κ1) is 13.1. The van der Waals surface area contributed by atoms with Crippen molar-refractivity contribution in [2.45, 2.75) is 18.9 Å². The molecular weight excluding hydrogens is 276 g/mol. The van der Waals surface area contributed by atoms with Gasteiger partial charge in [-0.05, 0) is 37.5 Å². The summed E-state index contributed by atoms with van der Waals surface area (Å²) in [4.78, 5) is 22.1. The number of halogens is 1. The van der Waals surface area contributed by atoms with Crippen molar-refractivity contribution < 1.29 is 4.79 Å². The standard InChI is InChI=1S/C14H14ClN4O/c15-9-4-5-10-11(7-9)17-8-18-14(10)19-6-2-1-3-12(19)13(16)20/h1,4-5,7-8,12H,2-3,6H2,(H2,16,20). The molecule has 1 atom stereocenters. The molecule has 1 radical (unpaired) electrons. The Kier molecular flexibility index (Phi) is 3.44. The first-order valence-electron chi connectivity index (χ1n) is 6.44. The Morgan fingerprint density at radius 3 is 3.05 bits per heavy atom. The first-order valence-corrected chi connectivity index (χ1v) is 6.82. The van der Waals surface area contributed by atoms with Crippen molar-refractivity contribution in [3.63, 3.8) is 0 Å². The second-order valence-corrected chi connectivity index (χ2v) is 5.22. The Labute approximate surface area is 121 Å². The Bertz CT molecular complexity index is 661. The zero-order chi connectivity index (χ0) is 14.1. The minimum atomic E-state index is -0.350. The normalized spacial score (nSPS) is 19.2. The lowest BCUT2D eigenvalue weighted by Gasteiger charge is -2.34. The molecule has 2 aromatic rings. The fourth-order valence-electron chi connectivity index (χ4n) is 2.56. The molecule has 103 valence electrons. The molecular formula is C14H14ClN4O. The van der Waals surface area contributed by atoms with Crippen LogP contribution in [0.1, 0.15) is 12.8 Å². The lowest BCUT2D eigenvalue weighted by atomic mass is 10.0. The smallest absolute Gasteiger partial charge is 0.240 e. The van der Waals surface area contributed by atoms with Crippen LogP contribution in [0.4, 0.5) is 5.82 Å². The third kappa shape index (κ3) is 2.29. The average molecular weight is 290 g/mol. The van der Waals surface area contributed by atoms with Crippen molar-refractivity contribution in [2.24, 2.45) is 5.73 Å². The molecule has 5 nitrogen and oxygen atoms in total. The van der Waals surface area contributed by atoms with Crippen LogP contribution in [0.3, 0.4) is 0 Å². The van der Waals surface area contributed by atoms with Crippen molar-refractivity contribution in [2.75, 3.05) is 11.4 Å². The molecule has 20 heavy (non-hydrogen) atoms. The van der Waals surface area contributed by atoms with Gasteiger partial charge in [0, 0.05) is 17.0 Å². The number of rotatable bonds is 2. The Morgan fingerprint density at radius 1 is 1.40 bits per heavy atom. The summed E-state index contributed by atoms with van der Waals surface area (Å²) in [7, 11) is 0. The zero-order valence-corrected chi connectivity index (χ0v) is 11.5. The van der Waals surface area contributed by atoms with Crippen LogP contribution < -0.4 is 10.6 Å². The molecule has 1 fully saturated rings. The summed E-state index contributed by atoms with van der Waals surface area (Å²) < 4.78 is 0.